The van der Waals surface area contributed by atoms with Gasteiger partial charge in [0, 0.05) is 23.2 Å². The van der Waals surface area contributed by atoms with Crippen molar-refractivity contribution >= 4 is 29.5 Å². The Kier molecular flexibility index (Phi) is 6.42. The maximum Gasteiger partial charge on any atom is 0.274 e. The van der Waals surface area contributed by atoms with E-state index in [1.807, 2.05) is 43.3 Å². The summed E-state index contributed by atoms with van der Waals surface area (Å²) in [5, 5.41) is 8.18. The molecule has 160 valence electrons. The second-order valence-electron chi connectivity index (χ2n) is 7.24. The number of nitrogens with one attached hydrogen (secondary N) is 1. The van der Waals surface area contributed by atoms with Gasteiger partial charge in [-0.25, -0.2) is 4.39 Å². The summed E-state index contributed by atoms with van der Waals surface area (Å²) >= 11 is 5.91. The fourth-order valence-corrected chi connectivity index (χ4v) is 3.13. The van der Waals surface area contributed by atoms with Crippen LogP contribution >= 0.6 is 11.6 Å². The van der Waals surface area contributed by atoms with Crippen molar-refractivity contribution in [3.63, 3.8) is 0 Å². The number of rotatable bonds is 6. The second-order valence-corrected chi connectivity index (χ2v) is 7.68. The summed E-state index contributed by atoms with van der Waals surface area (Å²) in [7, 11) is 0. The third-order valence-corrected chi connectivity index (χ3v) is 5.03. The lowest BCUT2D eigenvalue weighted by molar-refractivity contribution is 0.0957. The van der Waals surface area contributed by atoms with Gasteiger partial charge in [-0.3, -0.25) is 4.79 Å². The number of nitrogens with zero attached hydrogens (tertiary/aromatic N) is 3. The Hall–Kier alpha value is -3.77. The minimum atomic E-state index is -0.354. The number of aromatic nitrogens is 3. The highest BCUT2D eigenvalue weighted by atomic mass is 35.5. The Labute approximate surface area is 190 Å². The van der Waals surface area contributed by atoms with Gasteiger partial charge in [0.1, 0.15) is 5.82 Å². The summed E-state index contributed by atoms with van der Waals surface area (Å²) < 4.78 is 14.4. The number of hydrogen-bond donors (Lipinski definition) is 1. The smallest absolute Gasteiger partial charge is 0.274 e. The highest BCUT2D eigenvalue weighted by molar-refractivity contribution is 6.30. The molecule has 7 heteroatoms. The lowest BCUT2D eigenvalue weighted by atomic mass is 10.1. The fourth-order valence-electron chi connectivity index (χ4n) is 3.00. The second kappa shape index (κ2) is 9.58. The Morgan fingerprint density at radius 1 is 1.03 bits per heavy atom. The number of benzene rings is 3. The molecule has 0 fully saturated rings. The van der Waals surface area contributed by atoms with Gasteiger partial charge in [0.2, 0.25) is 5.95 Å². The first-order valence-electron chi connectivity index (χ1n) is 9.98. The van der Waals surface area contributed by atoms with Crippen LogP contribution < -0.4 is 5.32 Å². The number of carbonyl (C=O) groups is 1. The van der Waals surface area contributed by atoms with E-state index in [4.69, 9.17) is 11.6 Å². The third-order valence-electron chi connectivity index (χ3n) is 4.78. The number of halogens is 2. The highest BCUT2D eigenvalue weighted by Crippen LogP contribution is 2.20. The van der Waals surface area contributed by atoms with Gasteiger partial charge in [-0.1, -0.05) is 65.7 Å². The van der Waals surface area contributed by atoms with E-state index >= 15 is 0 Å². The predicted molar refractivity (Wildman–Crippen MR) is 125 cm³/mol. The normalized spacial score (nSPS) is 11.1. The first-order valence-corrected chi connectivity index (χ1v) is 10.4. The summed E-state index contributed by atoms with van der Waals surface area (Å²) in [6.45, 7) is 2.36. The zero-order valence-electron chi connectivity index (χ0n) is 17.3. The fraction of sp³-hybridized carbons (Fsp3) is 0.0800. The van der Waals surface area contributed by atoms with Crippen LogP contribution in [0, 0.1) is 12.7 Å². The molecule has 0 saturated carbocycles. The van der Waals surface area contributed by atoms with Crippen LogP contribution in [0.2, 0.25) is 5.02 Å². The number of carbonyl (C=O) groups excluding carboxylic acids is 1. The van der Waals surface area contributed by atoms with Crippen molar-refractivity contribution in [1.82, 2.24) is 14.8 Å². The van der Waals surface area contributed by atoms with Crippen LogP contribution in [0.5, 0.6) is 0 Å². The molecule has 1 heterocycles. The van der Waals surface area contributed by atoms with Crippen molar-refractivity contribution in [2.24, 2.45) is 0 Å². The van der Waals surface area contributed by atoms with Crippen LogP contribution in [0.25, 0.3) is 17.5 Å². The number of anilines is 1. The lowest BCUT2D eigenvalue weighted by Gasteiger charge is -2.06. The Bertz CT molecular complexity index is 1250. The summed E-state index contributed by atoms with van der Waals surface area (Å²) in [5.41, 5.74) is 3.60. The molecule has 3 aromatic carbocycles. The molecule has 0 aliphatic heterocycles. The molecule has 0 unspecified atom stereocenters. The van der Waals surface area contributed by atoms with Crippen LogP contribution in [0.15, 0.2) is 78.9 Å². The van der Waals surface area contributed by atoms with Crippen LogP contribution in [0.4, 0.5) is 10.3 Å². The minimum Gasteiger partial charge on any atom is -0.350 e. The maximum atomic E-state index is 13.2. The standard InChI is InChI=1S/C25H20ClFN4O/c1-17-2-9-20(10-3-17)24-29-25(28-16-19-6-13-22(27)14-7-19)31(30-24)23(32)15-8-18-4-11-21(26)12-5-18/h2-15H,16H2,1H3,(H,28,29,30). The van der Waals surface area contributed by atoms with Gasteiger partial charge in [-0.2, -0.15) is 9.67 Å². The minimum absolute atomic E-state index is 0.302. The predicted octanol–water partition coefficient (Wildman–Crippen LogP) is 6.01. The Balaban J connectivity index is 1.61. The van der Waals surface area contributed by atoms with E-state index in [-0.39, 0.29) is 11.7 Å². The average molecular weight is 447 g/mol. The molecule has 0 radical (unpaired) electrons. The van der Waals surface area contributed by atoms with Crippen LogP contribution in [0.3, 0.4) is 0 Å². The van der Waals surface area contributed by atoms with Gasteiger partial charge in [0.05, 0.1) is 0 Å². The molecular weight excluding hydrogens is 427 g/mol. The SMILES string of the molecule is Cc1ccc(-c2nc(NCc3ccc(F)cc3)n(C(=O)C=Cc3ccc(Cl)cc3)n2)cc1. The van der Waals surface area contributed by atoms with Crippen molar-refractivity contribution < 1.29 is 9.18 Å². The molecule has 0 spiro atoms. The molecule has 4 aromatic rings. The Morgan fingerprint density at radius 3 is 2.41 bits per heavy atom. The van der Waals surface area contributed by atoms with Gasteiger partial charge in [0.15, 0.2) is 5.82 Å². The quantitative estimate of drug-likeness (QED) is 0.368. The summed E-state index contributed by atoms with van der Waals surface area (Å²) in [6.07, 6.45) is 3.12. The van der Waals surface area contributed by atoms with E-state index in [1.54, 1.807) is 30.3 Å². The molecule has 1 aromatic heterocycles. The molecule has 0 saturated heterocycles. The summed E-state index contributed by atoms with van der Waals surface area (Å²) in [5.74, 6) is 0.0732. The summed E-state index contributed by atoms with van der Waals surface area (Å²) in [4.78, 5) is 17.4. The van der Waals surface area contributed by atoms with Crippen LogP contribution in [0.1, 0.15) is 21.5 Å². The molecule has 1 N–H and O–H groups in total. The highest BCUT2D eigenvalue weighted by Gasteiger charge is 2.15. The van der Waals surface area contributed by atoms with Crippen molar-refractivity contribution in [3.8, 4) is 11.4 Å². The molecule has 0 atom stereocenters. The van der Waals surface area contributed by atoms with E-state index in [1.165, 1.54) is 22.9 Å². The van der Waals surface area contributed by atoms with Crippen molar-refractivity contribution in [3.05, 3.63) is 106 Å². The van der Waals surface area contributed by atoms with Crippen molar-refractivity contribution in [1.29, 1.82) is 0 Å². The lowest BCUT2D eigenvalue weighted by Crippen LogP contribution is -2.14. The van der Waals surface area contributed by atoms with Gasteiger partial charge in [-0.05, 0) is 48.4 Å². The van der Waals surface area contributed by atoms with E-state index in [0.717, 1.165) is 22.3 Å². The number of allylic oxidation sites excluding steroid dienone is 1. The zero-order valence-corrected chi connectivity index (χ0v) is 18.1. The third kappa shape index (κ3) is 5.28. The van der Waals surface area contributed by atoms with Gasteiger partial charge in [-0.15, -0.1) is 5.10 Å². The first-order chi connectivity index (χ1) is 15.5. The molecule has 0 aliphatic carbocycles. The molecular formula is C25H20ClFN4O. The molecule has 0 aliphatic rings. The molecule has 32 heavy (non-hydrogen) atoms. The monoisotopic (exact) mass is 446 g/mol. The number of hydrogen-bond acceptors (Lipinski definition) is 4. The molecule has 4 rings (SSSR count). The van der Waals surface area contributed by atoms with Crippen molar-refractivity contribution in [2.45, 2.75) is 13.5 Å². The van der Waals surface area contributed by atoms with Crippen LogP contribution in [-0.4, -0.2) is 20.7 Å². The number of aryl methyl sites for hydroxylation is 1. The van der Waals surface area contributed by atoms with Gasteiger partial charge < -0.3 is 5.32 Å². The van der Waals surface area contributed by atoms with Gasteiger partial charge in [0.25, 0.3) is 5.91 Å². The zero-order chi connectivity index (χ0) is 22.5. The Morgan fingerprint density at radius 2 is 1.72 bits per heavy atom. The molecule has 5 nitrogen and oxygen atoms in total. The van der Waals surface area contributed by atoms with Crippen LogP contribution in [-0.2, 0) is 6.54 Å². The van der Waals surface area contributed by atoms with E-state index in [2.05, 4.69) is 15.4 Å². The topological polar surface area (TPSA) is 59.8 Å². The maximum absolute atomic E-state index is 13.2. The molecule has 0 bridgehead atoms. The van der Waals surface area contributed by atoms with E-state index in [9.17, 15) is 9.18 Å². The van der Waals surface area contributed by atoms with E-state index < -0.39 is 0 Å². The van der Waals surface area contributed by atoms with Crippen molar-refractivity contribution in [2.75, 3.05) is 5.32 Å². The van der Waals surface area contributed by atoms with E-state index in [0.29, 0.717) is 23.3 Å². The largest absolute Gasteiger partial charge is 0.350 e. The molecule has 0 amide bonds. The average Bonchev–Trinajstić information content (AvgIpc) is 3.23. The summed E-state index contributed by atoms with van der Waals surface area (Å²) in [6, 6.07) is 21.0. The van der Waals surface area contributed by atoms with Gasteiger partial charge >= 0.3 is 0 Å². The first kappa shape index (κ1) is 21.5.